The van der Waals surface area contributed by atoms with Crippen LogP contribution in [0.4, 0.5) is 10.5 Å². The van der Waals surface area contributed by atoms with Crippen molar-refractivity contribution in [2.24, 2.45) is 0 Å². The van der Waals surface area contributed by atoms with Crippen molar-refractivity contribution < 1.29 is 33.4 Å². The fourth-order valence-corrected chi connectivity index (χ4v) is 7.27. The Morgan fingerprint density at radius 2 is 1.56 bits per heavy atom. The molecule has 2 fully saturated rings. The summed E-state index contributed by atoms with van der Waals surface area (Å²) < 4.78 is 17.1. The zero-order chi connectivity index (χ0) is 34.0. The molecule has 3 aliphatic rings. The van der Waals surface area contributed by atoms with E-state index in [0.29, 0.717) is 41.3 Å². The fourth-order valence-electron chi connectivity index (χ4n) is 5.97. The Hall–Kier alpha value is -5.03. The van der Waals surface area contributed by atoms with Crippen LogP contribution in [0, 0.1) is 0 Å². The number of allylic oxidation sites excluding steroid dienone is 1. The van der Waals surface area contributed by atoms with Crippen molar-refractivity contribution in [3.63, 3.8) is 0 Å². The molecule has 3 aliphatic heterocycles. The van der Waals surface area contributed by atoms with Gasteiger partial charge in [0, 0.05) is 17.9 Å². The van der Waals surface area contributed by atoms with Crippen molar-refractivity contribution in [1.29, 1.82) is 0 Å². The highest BCUT2D eigenvalue weighted by Crippen LogP contribution is 2.43. The Morgan fingerprint density at radius 1 is 0.938 bits per heavy atom. The number of amides is 3. The van der Waals surface area contributed by atoms with E-state index in [2.05, 4.69) is 5.32 Å². The number of thioether (sulfide) groups is 1. The SMILES string of the molecule is COc1ccccc1N1CCC(=CC2=C(C(=O)OC(c3ccccc3)c3ccccc3)N3C(=O)[C@@H](NC(=O)OC(C)(C)C)[C@H]3SC2)C1=O. The highest BCUT2D eigenvalue weighted by atomic mass is 32.2. The van der Waals surface area contributed by atoms with Gasteiger partial charge in [0.05, 0.1) is 12.8 Å². The predicted octanol–water partition coefficient (Wildman–Crippen LogP) is 5.75. The van der Waals surface area contributed by atoms with Crippen LogP contribution < -0.4 is 15.0 Å². The third kappa shape index (κ3) is 6.68. The summed E-state index contributed by atoms with van der Waals surface area (Å²) in [4.78, 5) is 57.3. The van der Waals surface area contributed by atoms with E-state index in [1.54, 1.807) is 44.9 Å². The maximum Gasteiger partial charge on any atom is 0.408 e. The molecule has 0 aromatic heterocycles. The molecule has 10 nitrogen and oxygen atoms in total. The van der Waals surface area contributed by atoms with E-state index in [9.17, 15) is 19.2 Å². The van der Waals surface area contributed by atoms with Crippen molar-refractivity contribution in [2.45, 2.75) is 50.3 Å². The maximum absolute atomic E-state index is 14.3. The molecule has 6 rings (SSSR count). The Morgan fingerprint density at radius 3 is 2.19 bits per heavy atom. The van der Waals surface area contributed by atoms with Crippen molar-refractivity contribution in [1.82, 2.24) is 10.2 Å². The first-order chi connectivity index (χ1) is 23.1. The second-order valence-corrected chi connectivity index (χ2v) is 13.7. The summed E-state index contributed by atoms with van der Waals surface area (Å²) in [6.07, 6.45) is 0.669. The number of hydrogen-bond donors (Lipinski definition) is 1. The molecule has 0 radical (unpaired) electrons. The number of rotatable bonds is 8. The summed E-state index contributed by atoms with van der Waals surface area (Å²) in [7, 11) is 1.56. The molecule has 11 heteroatoms. The largest absolute Gasteiger partial charge is 0.495 e. The van der Waals surface area contributed by atoms with Crippen molar-refractivity contribution in [3.05, 3.63) is 119 Å². The number of methoxy groups -OCH3 is 1. The maximum atomic E-state index is 14.3. The second kappa shape index (κ2) is 13.6. The van der Waals surface area contributed by atoms with Gasteiger partial charge in [-0.1, -0.05) is 72.8 Å². The lowest BCUT2D eigenvalue weighted by atomic mass is 10.00. The van der Waals surface area contributed by atoms with Gasteiger partial charge in [-0.25, -0.2) is 9.59 Å². The highest BCUT2D eigenvalue weighted by Gasteiger charge is 2.55. The highest BCUT2D eigenvalue weighted by molar-refractivity contribution is 8.00. The summed E-state index contributed by atoms with van der Waals surface area (Å²) in [5, 5.41) is 2.10. The molecule has 0 aliphatic carbocycles. The number of benzene rings is 3. The first-order valence-electron chi connectivity index (χ1n) is 15.7. The minimum Gasteiger partial charge on any atom is -0.495 e. The molecule has 48 heavy (non-hydrogen) atoms. The first-order valence-corrected chi connectivity index (χ1v) is 16.7. The number of fused-ring (bicyclic) bond motifs is 1. The average Bonchev–Trinajstić information content (AvgIpc) is 3.44. The number of β-lactam (4-membered cyclic amide) rings is 1. The van der Waals surface area contributed by atoms with E-state index in [4.69, 9.17) is 14.2 Å². The quantitative estimate of drug-likeness (QED) is 0.184. The molecule has 0 spiro atoms. The van der Waals surface area contributed by atoms with Gasteiger partial charge in [-0.3, -0.25) is 14.5 Å². The minimum absolute atomic E-state index is 0.0545. The van der Waals surface area contributed by atoms with E-state index < -0.39 is 41.1 Å². The fraction of sp³-hybridized carbons (Fsp3) is 0.297. The van der Waals surface area contributed by atoms with E-state index in [0.717, 1.165) is 11.1 Å². The van der Waals surface area contributed by atoms with Gasteiger partial charge in [-0.2, -0.15) is 0 Å². The van der Waals surface area contributed by atoms with Crippen LogP contribution in [0.5, 0.6) is 5.75 Å². The summed E-state index contributed by atoms with van der Waals surface area (Å²) in [6.45, 7) is 5.65. The van der Waals surface area contributed by atoms with Crippen LogP contribution in [-0.4, -0.2) is 65.2 Å². The number of carbonyl (C=O) groups is 4. The van der Waals surface area contributed by atoms with Gasteiger partial charge in [0.25, 0.3) is 11.8 Å². The lowest BCUT2D eigenvalue weighted by molar-refractivity contribution is -0.153. The predicted molar refractivity (Wildman–Crippen MR) is 182 cm³/mol. The number of anilines is 1. The Labute approximate surface area is 283 Å². The van der Waals surface area contributed by atoms with Gasteiger partial charge in [0.2, 0.25) is 0 Å². The normalized spacial score (nSPS) is 20.1. The van der Waals surface area contributed by atoms with Gasteiger partial charge in [0.15, 0.2) is 6.10 Å². The summed E-state index contributed by atoms with van der Waals surface area (Å²) in [5.74, 6) is -0.504. The van der Waals surface area contributed by atoms with Gasteiger partial charge in [-0.15, -0.1) is 11.8 Å². The van der Waals surface area contributed by atoms with Crippen LogP contribution in [0.15, 0.2) is 108 Å². The van der Waals surface area contributed by atoms with Crippen LogP contribution >= 0.6 is 11.8 Å². The van der Waals surface area contributed by atoms with Crippen LogP contribution in [0.25, 0.3) is 0 Å². The molecule has 248 valence electrons. The summed E-state index contributed by atoms with van der Waals surface area (Å²) in [5.41, 5.74) is 2.48. The van der Waals surface area contributed by atoms with Gasteiger partial charge >= 0.3 is 12.1 Å². The lowest BCUT2D eigenvalue weighted by Crippen LogP contribution is -2.70. The standard InChI is InChI=1S/C37H37N3O7S/c1-37(2,3)47-36(44)38-29-33(42)40-30(35(43)46-31(23-13-7-5-8-14-23)24-15-9-6-10-16-24)26(22-48-34(29)40)21-25-19-20-39(32(25)41)27-17-11-12-18-28(27)45-4/h5-18,21,29,31,34H,19-20,22H2,1-4H3,(H,38,44)/t29-,34-/m1/s1. The van der Waals surface area contributed by atoms with Crippen LogP contribution in [0.1, 0.15) is 44.4 Å². The molecule has 0 bridgehead atoms. The number of hydrogen-bond acceptors (Lipinski definition) is 8. The van der Waals surface area contributed by atoms with E-state index in [-0.39, 0.29) is 11.6 Å². The first kappa shape index (κ1) is 32.9. The van der Waals surface area contributed by atoms with Crippen LogP contribution in [0.2, 0.25) is 0 Å². The molecule has 2 atom stereocenters. The van der Waals surface area contributed by atoms with E-state index >= 15 is 0 Å². The molecule has 3 aromatic carbocycles. The number of carbonyl (C=O) groups excluding carboxylic acids is 4. The zero-order valence-corrected chi connectivity index (χ0v) is 28.0. The van der Waals surface area contributed by atoms with E-state index in [1.165, 1.54) is 16.7 Å². The van der Waals surface area contributed by atoms with Crippen molar-refractivity contribution >= 4 is 41.3 Å². The van der Waals surface area contributed by atoms with Gasteiger partial charge in [-0.05, 0) is 62.1 Å². The number of para-hydroxylation sites is 2. The van der Waals surface area contributed by atoms with E-state index in [1.807, 2.05) is 78.9 Å². The topological polar surface area (TPSA) is 114 Å². The number of alkyl carbamates (subject to hydrolysis) is 1. The molecular formula is C37H37N3O7S. The summed E-state index contributed by atoms with van der Waals surface area (Å²) >= 11 is 1.39. The van der Waals surface area contributed by atoms with Gasteiger partial charge in [0.1, 0.15) is 28.5 Å². The lowest BCUT2D eigenvalue weighted by Gasteiger charge is -2.49. The number of ether oxygens (including phenoxy) is 3. The Bertz CT molecular complexity index is 1750. The molecular weight excluding hydrogens is 630 g/mol. The monoisotopic (exact) mass is 667 g/mol. The third-order valence-corrected chi connectivity index (χ3v) is 9.44. The number of nitrogens with one attached hydrogen (secondary N) is 1. The molecule has 1 N–H and O–H groups in total. The number of nitrogens with zero attached hydrogens (tertiary/aromatic N) is 2. The van der Waals surface area contributed by atoms with Crippen LogP contribution in [0.3, 0.4) is 0 Å². The molecule has 3 heterocycles. The Balaban J connectivity index is 1.35. The molecule has 3 aromatic rings. The Kier molecular flexibility index (Phi) is 9.32. The minimum atomic E-state index is -0.893. The molecule has 2 saturated heterocycles. The molecule has 0 saturated carbocycles. The molecule has 3 amide bonds. The smallest absolute Gasteiger partial charge is 0.408 e. The summed E-state index contributed by atoms with van der Waals surface area (Å²) in [6, 6.07) is 25.1. The third-order valence-electron chi connectivity index (χ3n) is 8.14. The second-order valence-electron chi connectivity index (χ2n) is 12.6. The average molecular weight is 668 g/mol. The molecule has 0 unspecified atom stereocenters. The number of esters is 1. The van der Waals surface area contributed by atoms with Gasteiger partial charge < -0.3 is 24.4 Å². The van der Waals surface area contributed by atoms with Crippen molar-refractivity contribution in [2.75, 3.05) is 24.3 Å². The van der Waals surface area contributed by atoms with Crippen molar-refractivity contribution in [3.8, 4) is 5.75 Å². The zero-order valence-electron chi connectivity index (χ0n) is 27.2. The van der Waals surface area contributed by atoms with Crippen LogP contribution in [-0.2, 0) is 23.9 Å².